The number of fused-ring (bicyclic) bond motifs is 1. The molecule has 170 valence electrons. The molecule has 0 aliphatic carbocycles. The van der Waals surface area contributed by atoms with Crippen molar-refractivity contribution in [1.82, 2.24) is 4.57 Å². The number of amidine groups is 1. The van der Waals surface area contributed by atoms with Gasteiger partial charge in [-0.3, -0.25) is 9.69 Å². The fourth-order valence-electron chi connectivity index (χ4n) is 3.90. The van der Waals surface area contributed by atoms with E-state index in [1.54, 1.807) is 18.2 Å². The summed E-state index contributed by atoms with van der Waals surface area (Å²) in [5, 5.41) is 11.1. The van der Waals surface area contributed by atoms with Crippen molar-refractivity contribution in [3.05, 3.63) is 95.1 Å². The minimum atomic E-state index is -0.0257. The molecular weight excluding hydrogens is 468 g/mol. The zero-order valence-corrected chi connectivity index (χ0v) is 20.0. The van der Waals surface area contributed by atoms with Gasteiger partial charge < -0.3 is 9.30 Å². The van der Waals surface area contributed by atoms with Gasteiger partial charge in [0.15, 0.2) is 5.17 Å². The molecule has 1 fully saturated rings. The van der Waals surface area contributed by atoms with E-state index in [0.717, 1.165) is 38.5 Å². The number of nitrogens with zero attached hydrogens (tertiary/aromatic N) is 4. The molecule has 1 saturated heterocycles. The molecule has 34 heavy (non-hydrogen) atoms. The molecule has 1 aliphatic heterocycles. The van der Waals surface area contributed by atoms with Gasteiger partial charge in [0, 0.05) is 34.2 Å². The molecule has 0 unspecified atom stereocenters. The first-order valence-corrected chi connectivity index (χ1v) is 12.0. The minimum Gasteiger partial charge on any atom is -0.497 e. The first-order valence-electron chi connectivity index (χ1n) is 10.7. The van der Waals surface area contributed by atoms with Crippen LogP contribution in [0.25, 0.3) is 10.9 Å². The van der Waals surface area contributed by atoms with Crippen LogP contribution in [0.2, 0.25) is 5.02 Å². The number of aromatic nitrogens is 1. The molecule has 1 amide bonds. The van der Waals surface area contributed by atoms with E-state index in [1.807, 2.05) is 54.6 Å². The SMILES string of the molecule is COc1ccc(N2C(=O)CSC2=NN=Cc2cn(Cc3cccc(Cl)c3)c3ccccc23)cc1. The second-order valence-corrected chi connectivity index (χ2v) is 9.08. The van der Waals surface area contributed by atoms with Gasteiger partial charge in [0.05, 0.1) is 24.8 Å². The number of methoxy groups -OCH3 is 1. The number of benzene rings is 3. The molecule has 0 radical (unpaired) electrons. The minimum absolute atomic E-state index is 0.0257. The third-order valence-corrected chi connectivity index (χ3v) is 6.65. The van der Waals surface area contributed by atoms with Crippen LogP contribution in [0.5, 0.6) is 5.75 Å². The lowest BCUT2D eigenvalue weighted by Gasteiger charge is -2.15. The van der Waals surface area contributed by atoms with E-state index in [2.05, 4.69) is 39.2 Å². The van der Waals surface area contributed by atoms with Crippen LogP contribution in [-0.2, 0) is 11.3 Å². The summed E-state index contributed by atoms with van der Waals surface area (Å²) in [5.41, 5.74) is 3.91. The van der Waals surface area contributed by atoms with Crippen molar-refractivity contribution < 1.29 is 9.53 Å². The summed E-state index contributed by atoms with van der Waals surface area (Å²) < 4.78 is 7.38. The average molecular weight is 489 g/mol. The molecule has 1 aromatic heterocycles. The summed E-state index contributed by atoms with van der Waals surface area (Å²) in [5.74, 6) is 1.04. The molecule has 0 spiro atoms. The van der Waals surface area contributed by atoms with Crippen LogP contribution in [0.15, 0.2) is 89.2 Å². The molecule has 6 nitrogen and oxygen atoms in total. The predicted molar refractivity (Wildman–Crippen MR) is 140 cm³/mol. The number of carbonyl (C=O) groups excluding carboxylic acids is 1. The van der Waals surface area contributed by atoms with Crippen molar-refractivity contribution in [3.63, 3.8) is 0 Å². The van der Waals surface area contributed by atoms with Gasteiger partial charge in [0.25, 0.3) is 0 Å². The quantitative estimate of drug-likeness (QED) is 0.254. The number of hydrogen-bond acceptors (Lipinski definition) is 5. The van der Waals surface area contributed by atoms with Gasteiger partial charge in [-0.1, -0.05) is 53.7 Å². The molecule has 8 heteroatoms. The molecule has 3 aromatic carbocycles. The van der Waals surface area contributed by atoms with Gasteiger partial charge >= 0.3 is 0 Å². The first-order chi connectivity index (χ1) is 16.6. The summed E-state index contributed by atoms with van der Waals surface area (Å²) in [6, 6.07) is 23.3. The van der Waals surface area contributed by atoms with Crippen LogP contribution in [0, 0.1) is 0 Å². The monoisotopic (exact) mass is 488 g/mol. The highest BCUT2D eigenvalue weighted by molar-refractivity contribution is 8.15. The van der Waals surface area contributed by atoms with Gasteiger partial charge in [-0.05, 0) is 48.0 Å². The van der Waals surface area contributed by atoms with Crippen LogP contribution < -0.4 is 9.64 Å². The maximum atomic E-state index is 12.5. The standard InChI is InChI=1S/C26H21ClN4O2S/c1-33-22-11-9-21(10-12-22)31-25(32)17-34-26(31)29-28-14-19-16-30(24-8-3-2-7-23(19)24)15-18-5-4-6-20(27)13-18/h2-14,16H,15,17H2,1H3. The highest BCUT2D eigenvalue weighted by Gasteiger charge is 2.29. The number of para-hydroxylation sites is 1. The molecule has 0 atom stereocenters. The largest absolute Gasteiger partial charge is 0.497 e. The molecule has 1 aliphatic rings. The van der Waals surface area contributed by atoms with Crippen molar-refractivity contribution >= 4 is 57.2 Å². The highest BCUT2D eigenvalue weighted by Crippen LogP contribution is 2.28. The molecule has 2 heterocycles. The Morgan fingerprint density at radius 2 is 1.91 bits per heavy atom. The number of anilines is 1. The lowest BCUT2D eigenvalue weighted by atomic mass is 10.2. The third kappa shape index (κ3) is 4.58. The van der Waals surface area contributed by atoms with Crippen molar-refractivity contribution in [2.24, 2.45) is 10.2 Å². The second-order valence-electron chi connectivity index (χ2n) is 7.70. The molecule has 0 N–H and O–H groups in total. The van der Waals surface area contributed by atoms with Crippen molar-refractivity contribution in [3.8, 4) is 5.75 Å². The Morgan fingerprint density at radius 1 is 1.09 bits per heavy atom. The van der Waals surface area contributed by atoms with E-state index in [9.17, 15) is 4.79 Å². The number of hydrogen-bond donors (Lipinski definition) is 0. The van der Waals surface area contributed by atoms with Crippen LogP contribution in [0.4, 0.5) is 5.69 Å². The highest BCUT2D eigenvalue weighted by atomic mass is 35.5. The van der Waals surface area contributed by atoms with Crippen LogP contribution in [-0.4, -0.2) is 34.7 Å². The average Bonchev–Trinajstić information content (AvgIpc) is 3.39. The fraction of sp³-hybridized carbons (Fsp3) is 0.115. The Balaban J connectivity index is 1.42. The second kappa shape index (κ2) is 9.75. The summed E-state index contributed by atoms with van der Waals surface area (Å²) in [6.07, 6.45) is 3.79. The lowest BCUT2D eigenvalue weighted by Crippen LogP contribution is -2.28. The zero-order valence-electron chi connectivity index (χ0n) is 18.4. The number of amides is 1. The maximum absolute atomic E-state index is 12.5. The van der Waals surface area contributed by atoms with Crippen LogP contribution in [0.3, 0.4) is 0 Å². The Morgan fingerprint density at radius 3 is 2.71 bits per heavy atom. The molecular formula is C26H21ClN4O2S. The summed E-state index contributed by atoms with van der Waals surface area (Å²) >= 11 is 7.54. The van der Waals surface area contributed by atoms with Crippen LogP contribution in [0.1, 0.15) is 11.1 Å². The van der Waals surface area contributed by atoms with Crippen molar-refractivity contribution in [2.45, 2.75) is 6.54 Å². The van der Waals surface area contributed by atoms with E-state index in [0.29, 0.717) is 17.5 Å². The summed E-state index contributed by atoms with van der Waals surface area (Å²) in [4.78, 5) is 14.1. The van der Waals surface area contributed by atoms with E-state index < -0.39 is 0 Å². The number of halogens is 1. The molecule has 4 aromatic rings. The van der Waals surface area contributed by atoms with E-state index in [-0.39, 0.29) is 5.91 Å². The number of carbonyl (C=O) groups is 1. The van der Waals surface area contributed by atoms with E-state index in [4.69, 9.17) is 16.3 Å². The number of ether oxygens (including phenoxy) is 1. The van der Waals surface area contributed by atoms with Gasteiger partial charge in [0.2, 0.25) is 5.91 Å². The molecule has 0 saturated carbocycles. The Kier molecular flexibility index (Phi) is 6.38. The van der Waals surface area contributed by atoms with Gasteiger partial charge in [-0.2, -0.15) is 5.10 Å². The normalized spacial score (nSPS) is 15.2. The Labute approximate surface area is 206 Å². The smallest absolute Gasteiger partial charge is 0.243 e. The Hall–Kier alpha value is -3.55. The summed E-state index contributed by atoms with van der Waals surface area (Å²) in [7, 11) is 1.61. The molecule has 5 rings (SSSR count). The van der Waals surface area contributed by atoms with Crippen molar-refractivity contribution in [1.29, 1.82) is 0 Å². The predicted octanol–water partition coefficient (Wildman–Crippen LogP) is 5.82. The molecule has 0 bridgehead atoms. The summed E-state index contributed by atoms with van der Waals surface area (Å²) in [6.45, 7) is 0.693. The number of rotatable bonds is 6. The maximum Gasteiger partial charge on any atom is 0.243 e. The lowest BCUT2D eigenvalue weighted by molar-refractivity contribution is -0.115. The third-order valence-electron chi connectivity index (χ3n) is 5.50. The first kappa shape index (κ1) is 22.3. The van der Waals surface area contributed by atoms with E-state index in [1.165, 1.54) is 11.8 Å². The van der Waals surface area contributed by atoms with Crippen LogP contribution >= 0.6 is 23.4 Å². The van der Waals surface area contributed by atoms with Gasteiger partial charge in [-0.25, -0.2) is 0 Å². The van der Waals surface area contributed by atoms with Gasteiger partial charge in [-0.15, -0.1) is 5.10 Å². The van der Waals surface area contributed by atoms with E-state index >= 15 is 0 Å². The van der Waals surface area contributed by atoms with Gasteiger partial charge in [0.1, 0.15) is 5.75 Å². The Bertz CT molecular complexity index is 1410. The van der Waals surface area contributed by atoms with Crippen molar-refractivity contribution in [2.75, 3.05) is 17.8 Å². The topological polar surface area (TPSA) is 59.2 Å². The number of thioether (sulfide) groups is 1. The zero-order chi connectivity index (χ0) is 23.5. The fourth-order valence-corrected chi connectivity index (χ4v) is 4.94.